The Bertz CT molecular complexity index is 1260. The maximum atomic E-state index is 13.3. The van der Waals surface area contributed by atoms with Gasteiger partial charge in [-0.05, 0) is 50.5 Å². The summed E-state index contributed by atoms with van der Waals surface area (Å²) in [4.78, 5) is 42.6. The quantitative estimate of drug-likeness (QED) is 0.581. The predicted octanol–water partition coefficient (Wildman–Crippen LogP) is 3.94. The molecule has 2 fully saturated rings. The normalized spacial score (nSPS) is 25.1. The van der Waals surface area contributed by atoms with Crippen LogP contribution in [-0.2, 0) is 26.4 Å². The lowest BCUT2D eigenvalue weighted by Gasteiger charge is -2.42. The van der Waals surface area contributed by atoms with Crippen LogP contribution in [0.5, 0.6) is 0 Å². The number of nitrogens with zero attached hydrogens (tertiary/aromatic N) is 2. The second kappa shape index (κ2) is 10.6. The first-order chi connectivity index (χ1) is 18.6. The Hall–Kier alpha value is -4.01. The number of hydrogen-bond donors (Lipinski definition) is 2. The topological polar surface area (TPSA) is 100 Å². The van der Waals surface area contributed by atoms with Gasteiger partial charge < -0.3 is 29.9 Å². The Kier molecular flexibility index (Phi) is 7.25. The number of piperazine rings is 1. The summed E-state index contributed by atoms with van der Waals surface area (Å²) in [6, 6.07) is 17.0. The van der Waals surface area contributed by atoms with E-state index < -0.39 is 29.4 Å². The van der Waals surface area contributed by atoms with Gasteiger partial charge in [0.05, 0.1) is 12.1 Å². The molecular formula is C30H36N4O5. The molecule has 2 unspecified atom stereocenters. The maximum Gasteiger partial charge on any atom is 0.410 e. The summed E-state index contributed by atoms with van der Waals surface area (Å²) in [6.07, 6.45) is 3.80. The molecule has 2 N–H and O–H groups in total. The number of nitrogens with one attached hydrogen (secondary N) is 2. The van der Waals surface area contributed by atoms with Gasteiger partial charge in [0, 0.05) is 31.2 Å². The van der Waals surface area contributed by atoms with Gasteiger partial charge in [-0.25, -0.2) is 9.59 Å². The van der Waals surface area contributed by atoms with Crippen LogP contribution in [0.4, 0.5) is 15.3 Å². The van der Waals surface area contributed by atoms with Crippen molar-refractivity contribution in [2.45, 2.75) is 51.0 Å². The molecule has 3 atom stereocenters. The lowest BCUT2D eigenvalue weighted by atomic mass is 9.99. The van der Waals surface area contributed by atoms with Gasteiger partial charge >= 0.3 is 12.2 Å². The van der Waals surface area contributed by atoms with E-state index in [1.54, 1.807) is 4.90 Å². The van der Waals surface area contributed by atoms with Crippen LogP contribution in [0.25, 0.3) is 0 Å². The SMILES string of the molecule is CC(C)(C)OC(=O)N1CCN2c3cccc(c3)C3(NC(=O)OCc4ccccc4)CC3/C=C/CNC(=O)[C@H]2C1. The average molecular weight is 533 g/mol. The second-order valence-electron chi connectivity index (χ2n) is 11.3. The Morgan fingerprint density at radius 1 is 1.10 bits per heavy atom. The van der Waals surface area contributed by atoms with E-state index in [0.29, 0.717) is 19.6 Å². The molecule has 0 radical (unpaired) electrons. The Balaban J connectivity index is 1.37. The van der Waals surface area contributed by atoms with Crippen molar-refractivity contribution < 1.29 is 23.9 Å². The zero-order chi connectivity index (χ0) is 27.6. The van der Waals surface area contributed by atoms with Gasteiger partial charge in [-0.3, -0.25) is 4.79 Å². The fourth-order valence-corrected chi connectivity index (χ4v) is 5.29. The molecule has 2 heterocycles. The molecule has 0 spiro atoms. The van der Waals surface area contributed by atoms with Gasteiger partial charge in [-0.15, -0.1) is 0 Å². The zero-order valence-corrected chi connectivity index (χ0v) is 22.7. The monoisotopic (exact) mass is 532 g/mol. The van der Waals surface area contributed by atoms with Crippen LogP contribution in [0.1, 0.15) is 38.3 Å². The number of anilines is 1. The van der Waals surface area contributed by atoms with Gasteiger partial charge in [0.25, 0.3) is 0 Å². The average Bonchev–Trinajstić information content (AvgIpc) is 3.61. The Morgan fingerprint density at radius 3 is 2.67 bits per heavy atom. The summed E-state index contributed by atoms with van der Waals surface area (Å²) in [7, 11) is 0. The van der Waals surface area contributed by atoms with Crippen LogP contribution in [-0.4, -0.2) is 60.8 Å². The molecule has 2 aromatic carbocycles. The first-order valence-electron chi connectivity index (χ1n) is 13.4. The third-order valence-electron chi connectivity index (χ3n) is 7.34. The van der Waals surface area contributed by atoms with Crippen molar-refractivity contribution in [3.8, 4) is 0 Å². The van der Waals surface area contributed by atoms with Crippen molar-refractivity contribution in [2.75, 3.05) is 31.1 Å². The molecule has 3 amide bonds. The Morgan fingerprint density at radius 2 is 1.90 bits per heavy atom. The van der Waals surface area contributed by atoms with Gasteiger partial charge in [-0.1, -0.05) is 54.6 Å². The molecule has 0 aromatic heterocycles. The molecule has 9 heteroatoms. The summed E-state index contributed by atoms with van der Waals surface area (Å²) in [5, 5.41) is 6.13. The van der Waals surface area contributed by atoms with Crippen molar-refractivity contribution in [1.29, 1.82) is 0 Å². The molecule has 5 rings (SSSR count). The smallest absolute Gasteiger partial charge is 0.410 e. The third-order valence-corrected chi connectivity index (χ3v) is 7.34. The van der Waals surface area contributed by atoms with E-state index in [0.717, 1.165) is 23.2 Å². The van der Waals surface area contributed by atoms with Crippen LogP contribution >= 0.6 is 0 Å². The van der Waals surface area contributed by atoms with Gasteiger partial charge in [-0.2, -0.15) is 0 Å². The number of alkyl carbamates (subject to hydrolysis) is 1. The molecule has 206 valence electrons. The van der Waals surface area contributed by atoms with E-state index >= 15 is 0 Å². The van der Waals surface area contributed by atoms with E-state index in [-0.39, 0.29) is 25.0 Å². The first kappa shape index (κ1) is 26.6. The number of benzene rings is 2. The molecular weight excluding hydrogens is 496 g/mol. The molecule has 1 saturated carbocycles. The van der Waals surface area contributed by atoms with Crippen LogP contribution in [0, 0.1) is 5.92 Å². The molecule has 2 aromatic rings. The van der Waals surface area contributed by atoms with Crippen LogP contribution in [0.3, 0.4) is 0 Å². The first-order valence-corrected chi connectivity index (χ1v) is 13.4. The predicted molar refractivity (Wildman–Crippen MR) is 147 cm³/mol. The van der Waals surface area contributed by atoms with E-state index in [4.69, 9.17) is 9.47 Å². The standard InChI is InChI=1S/C30H36N4O5/c1-29(2,3)39-28(37)33-15-16-34-24-13-7-11-22(17-24)30(32-27(36)38-20-21-9-5-4-6-10-21)18-23(30)12-8-14-31-26(35)25(34)19-33/h4-13,17,23,25H,14-16,18-20H2,1-3H3,(H,31,35)(H,32,36)/b12-8+/t23?,25-,30?/m1/s1. The minimum Gasteiger partial charge on any atom is -0.445 e. The molecule has 9 nitrogen and oxygen atoms in total. The zero-order valence-electron chi connectivity index (χ0n) is 22.7. The fourth-order valence-electron chi connectivity index (χ4n) is 5.29. The van der Waals surface area contributed by atoms with Gasteiger partial charge in [0.15, 0.2) is 0 Å². The minimum absolute atomic E-state index is 0.0770. The summed E-state index contributed by atoms with van der Waals surface area (Å²) in [6.45, 7) is 7.15. The lowest BCUT2D eigenvalue weighted by molar-refractivity contribution is -0.123. The molecule has 3 aliphatic rings. The van der Waals surface area contributed by atoms with E-state index in [2.05, 4.69) is 10.6 Å². The number of hydrogen-bond acceptors (Lipinski definition) is 6. The number of fused-ring (bicyclic) bond motifs is 6. The van der Waals surface area contributed by atoms with Crippen molar-refractivity contribution in [1.82, 2.24) is 15.5 Å². The second-order valence-corrected chi connectivity index (χ2v) is 11.3. The van der Waals surface area contributed by atoms with Crippen molar-refractivity contribution >= 4 is 23.8 Å². The number of amides is 3. The third kappa shape index (κ3) is 6.02. The molecule has 2 bridgehead atoms. The van der Waals surface area contributed by atoms with Crippen LogP contribution in [0.15, 0.2) is 66.7 Å². The van der Waals surface area contributed by atoms with Crippen LogP contribution < -0.4 is 15.5 Å². The highest BCUT2D eigenvalue weighted by Crippen LogP contribution is 2.53. The molecule has 39 heavy (non-hydrogen) atoms. The van der Waals surface area contributed by atoms with Crippen molar-refractivity contribution in [3.05, 3.63) is 77.9 Å². The van der Waals surface area contributed by atoms with E-state index in [1.165, 1.54) is 0 Å². The number of carbonyl (C=O) groups excluding carboxylic acids is 3. The highest BCUT2D eigenvalue weighted by atomic mass is 16.6. The number of carbonyl (C=O) groups is 3. The van der Waals surface area contributed by atoms with Crippen LogP contribution in [0.2, 0.25) is 0 Å². The summed E-state index contributed by atoms with van der Waals surface area (Å²) in [5.74, 6) is -0.0725. The highest BCUT2D eigenvalue weighted by molar-refractivity contribution is 5.87. The fraction of sp³-hybridized carbons (Fsp3) is 0.433. The summed E-state index contributed by atoms with van der Waals surface area (Å²) < 4.78 is 11.1. The van der Waals surface area contributed by atoms with E-state index in [1.807, 2.05) is 92.4 Å². The summed E-state index contributed by atoms with van der Waals surface area (Å²) >= 11 is 0. The lowest BCUT2D eigenvalue weighted by Crippen LogP contribution is -2.60. The summed E-state index contributed by atoms with van der Waals surface area (Å²) in [5.41, 5.74) is 1.54. The number of rotatable bonds is 3. The molecule has 1 saturated heterocycles. The highest BCUT2D eigenvalue weighted by Gasteiger charge is 2.55. The van der Waals surface area contributed by atoms with E-state index in [9.17, 15) is 14.4 Å². The largest absolute Gasteiger partial charge is 0.445 e. The van der Waals surface area contributed by atoms with Crippen molar-refractivity contribution in [2.24, 2.45) is 5.92 Å². The Labute approximate surface area is 229 Å². The van der Waals surface area contributed by atoms with Gasteiger partial charge in [0.1, 0.15) is 18.2 Å². The maximum absolute atomic E-state index is 13.3. The molecule has 2 aliphatic heterocycles. The minimum atomic E-state index is -0.619. The molecule has 1 aliphatic carbocycles. The van der Waals surface area contributed by atoms with Gasteiger partial charge in [0.2, 0.25) is 5.91 Å². The number of ether oxygens (including phenoxy) is 2. The van der Waals surface area contributed by atoms with Crippen molar-refractivity contribution in [3.63, 3.8) is 0 Å².